The third-order valence-electron chi connectivity index (χ3n) is 2.71. The van der Waals surface area contributed by atoms with Crippen LogP contribution in [0.2, 0.25) is 0 Å². The zero-order chi connectivity index (χ0) is 15.0. The number of H-pyrrole nitrogens is 2. The van der Waals surface area contributed by atoms with Crippen LogP contribution in [-0.2, 0) is 0 Å². The summed E-state index contributed by atoms with van der Waals surface area (Å²) in [6.07, 6.45) is 0. The van der Waals surface area contributed by atoms with Crippen LogP contribution in [0.25, 0.3) is 11.0 Å². The normalized spacial score (nSPS) is 10.7. The summed E-state index contributed by atoms with van der Waals surface area (Å²) in [7, 11) is 0. The minimum absolute atomic E-state index is 0.133. The Balaban J connectivity index is 1.97. The Hall–Kier alpha value is -3.43. The molecule has 21 heavy (non-hydrogen) atoms. The third-order valence-corrected chi connectivity index (χ3v) is 2.71. The maximum Gasteiger partial charge on any atom is 0.314 e. The summed E-state index contributed by atoms with van der Waals surface area (Å²) < 4.78 is 4.33. The number of amides is 1. The quantitative estimate of drug-likeness (QED) is 0.459. The minimum atomic E-state index is -0.782. The van der Waals surface area contributed by atoms with Gasteiger partial charge in [-0.15, -0.1) is 0 Å². The van der Waals surface area contributed by atoms with Crippen molar-refractivity contribution in [2.75, 3.05) is 11.1 Å². The van der Waals surface area contributed by atoms with Gasteiger partial charge in [-0.25, -0.2) is 4.63 Å². The summed E-state index contributed by atoms with van der Waals surface area (Å²) in [5.74, 6) is -0.745. The van der Waals surface area contributed by atoms with Crippen LogP contribution in [0.4, 0.5) is 11.5 Å². The third kappa shape index (κ3) is 2.25. The average Bonchev–Trinajstić information content (AvgIpc) is 2.87. The summed E-state index contributed by atoms with van der Waals surface area (Å²) in [5, 5.41) is 9.18. The van der Waals surface area contributed by atoms with Gasteiger partial charge in [-0.2, -0.15) is 0 Å². The lowest BCUT2D eigenvalue weighted by molar-refractivity contribution is 0.101. The first-order valence-corrected chi connectivity index (χ1v) is 5.70. The van der Waals surface area contributed by atoms with E-state index in [2.05, 4.69) is 30.2 Å². The molecule has 10 nitrogen and oxygen atoms in total. The van der Waals surface area contributed by atoms with Crippen LogP contribution in [-0.4, -0.2) is 26.2 Å². The number of aromatic nitrogens is 4. The largest absolute Gasteiger partial charge is 0.379 e. The van der Waals surface area contributed by atoms with Crippen molar-refractivity contribution in [3.05, 3.63) is 44.6 Å². The Labute approximate surface area is 114 Å². The Morgan fingerprint density at radius 1 is 1.14 bits per heavy atom. The molecule has 0 spiro atoms. The average molecular weight is 288 g/mol. The number of nitrogens with one attached hydrogen (secondary N) is 3. The van der Waals surface area contributed by atoms with Crippen molar-refractivity contribution in [1.82, 2.24) is 20.3 Å². The molecule has 2 aromatic heterocycles. The van der Waals surface area contributed by atoms with Gasteiger partial charge in [-0.1, -0.05) is 0 Å². The molecular formula is C11H8N6O4. The van der Waals surface area contributed by atoms with E-state index in [0.29, 0.717) is 16.7 Å². The van der Waals surface area contributed by atoms with Crippen LogP contribution in [0, 0.1) is 0 Å². The number of nitrogens with two attached hydrogens (primary N) is 1. The van der Waals surface area contributed by atoms with Crippen LogP contribution in [0.3, 0.4) is 0 Å². The second kappa shape index (κ2) is 4.59. The summed E-state index contributed by atoms with van der Waals surface area (Å²) in [4.78, 5) is 39.1. The summed E-state index contributed by atoms with van der Waals surface area (Å²) in [6.45, 7) is 0. The number of nitrogen functional groups attached to an aromatic ring is 1. The number of fused-ring (bicyclic) bond motifs is 1. The van der Waals surface area contributed by atoms with E-state index in [1.54, 1.807) is 0 Å². The minimum Gasteiger partial charge on any atom is -0.379 e. The highest BCUT2D eigenvalue weighted by molar-refractivity contribution is 6.06. The summed E-state index contributed by atoms with van der Waals surface area (Å²) >= 11 is 0. The van der Waals surface area contributed by atoms with Gasteiger partial charge in [-0.05, 0) is 28.5 Å². The van der Waals surface area contributed by atoms with Crippen LogP contribution in [0.15, 0.2) is 32.4 Å². The molecular weight excluding hydrogens is 280 g/mol. The smallest absolute Gasteiger partial charge is 0.314 e. The molecule has 0 atom stereocenters. The molecule has 3 rings (SSSR count). The number of rotatable bonds is 2. The van der Waals surface area contributed by atoms with Crippen LogP contribution in [0.1, 0.15) is 10.5 Å². The van der Waals surface area contributed by atoms with E-state index in [1.165, 1.54) is 18.2 Å². The second-order valence-electron chi connectivity index (χ2n) is 4.12. The predicted octanol–water partition coefficient (Wildman–Crippen LogP) is -0.566. The molecule has 2 heterocycles. The van der Waals surface area contributed by atoms with Crippen LogP contribution < -0.4 is 22.2 Å². The SMILES string of the molecule is Nc1nonc1C(=O)Nc1ccc2[nH]c(=O)c(=O)[nH]c2c1. The Morgan fingerprint density at radius 2 is 1.86 bits per heavy atom. The van der Waals surface area contributed by atoms with Crippen LogP contribution >= 0.6 is 0 Å². The maximum atomic E-state index is 11.9. The first-order chi connectivity index (χ1) is 10.0. The van der Waals surface area contributed by atoms with E-state index >= 15 is 0 Å². The lowest BCUT2D eigenvalue weighted by Gasteiger charge is -2.04. The Bertz CT molecular complexity index is 953. The number of nitrogens with zero attached hydrogens (tertiary/aromatic N) is 2. The van der Waals surface area contributed by atoms with E-state index in [9.17, 15) is 14.4 Å². The van der Waals surface area contributed by atoms with Gasteiger partial charge in [0.05, 0.1) is 11.0 Å². The molecule has 3 aromatic rings. The highest BCUT2D eigenvalue weighted by Crippen LogP contribution is 2.15. The molecule has 1 aromatic carbocycles. The Morgan fingerprint density at radius 3 is 2.52 bits per heavy atom. The van der Waals surface area contributed by atoms with Crippen molar-refractivity contribution in [2.45, 2.75) is 0 Å². The molecule has 0 saturated carbocycles. The number of carbonyl (C=O) groups excluding carboxylic acids is 1. The first-order valence-electron chi connectivity index (χ1n) is 5.70. The lowest BCUT2D eigenvalue weighted by Crippen LogP contribution is -2.28. The van der Waals surface area contributed by atoms with Gasteiger partial charge in [-0.3, -0.25) is 14.4 Å². The maximum absolute atomic E-state index is 11.9. The van der Waals surface area contributed by atoms with E-state index in [1.807, 2.05) is 0 Å². The van der Waals surface area contributed by atoms with Crippen molar-refractivity contribution in [2.24, 2.45) is 0 Å². The monoisotopic (exact) mass is 288 g/mol. The van der Waals surface area contributed by atoms with E-state index in [4.69, 9.17) is 5.73 Å². The van der Waals surface area contributed by atoms with Gasteiger partial charge in [0, 0.05) is 5.69 Å². The molecule has 0 fully saturated rings. The fourth-order valence-electron chi connectivity index (χ4n) is 1.74. The van der Waals surface area contributed by atoms with Gasteiger partial charge in [0.15, 0.2) is 0 Å². The summed E-state index contributed by atoms with van der Waals surface area (Å²) in [5.41, 5.74) is 4.90. The highest BCUT2D eigenvalue weighted by atomic mass is 16.6. The van der Waals surface area contributed by atoms with Gasteiger partial charge in [0.2, 0.25) is 11.5 Å². The number of anilines is 2. The lowest BCUT2D eigenvalue weighted by atomic mass is 10.2. The zero-order valence-electron chi connectivity index (χ0n) is 10.3. The van der Waals surface area contributed by atoms with Crippen molar-refractivity contribution >= 4 is 28.4 Å². The first kappa shape index (κ1) is 12.6. The molecule has 0 aliphatic rings. The standard InChI is InChI=1S/C11H8N6O4/c12-8-7(16-21-17-8)9(18)13-4-1-2-5-6(3-4)15-11(20)10(19)14-5/h1-3H,(H2,12,17)(H,13,18)(H,14,19)(H,15,20). The van der Waals surface area contributed by atoms with E-state index in [-0.39, 0.29) is 11.5 Å². The van der Waals surface area contributed by atoms with E-state index in [0.717, 1.165) is 0 Å². The molecule has 106 valence electrons. The molecule has 0 bridgehead atoms. The van der Waals surface area contributed by atoms with Crippen molar-refractivity contribution < 1.29 is 9.42 Å². The number of benzene rings is 1. The van der Waals surface area contributed by atoms with E-state index < -0.39 is 17.0 Å². The zero-order valence-corrected chi connectivity index (χ0v) is 10.3. The fourth-order valence-corrected chi connectivity index (χ4v) is 1.74. The van der Waals surface area contributed by atoms with Gasteiger partial charge in [0.1, 0.15) is 0 Å². The Kier molecular flexibility index (Phi) is 2.76. The molecule has 0 radical (unpaired) electrons. The summed E-state index contributed by atoms with van der Waals surface area (Å²) in [6, 6.07) is 4.55. The molecule has 5 N–H and O–H groups in total. The molecule has 10 heteroatoms. The molecule has 1 amide bonds. The van der Waals surface area contributed by atoms with Gasteiger partial charge in [0.25, 0.3) is 5.91 Å². The van der Waals surface area contributed by atoms with Crippen molar-refractivity contribution in [1.29, 1.82) is 0 Å². The number of hydrogen-bond donors (Lipinski definition) is 4. The molecule has 0 unspecified atom stereocenters. The number of carbonyl (C=O) groups is 1. The van der Waals surface area contributed by atoms with Gasteiger partial charge >= 0.3 is 11.1 Å². The fraction of sp³-hybridized carbons (Fsp3) is 0. The number of aromatic amines is 2. The van der Waals surface area contributed by atoms with Gasteiger partial charge < -0.3 is 21.0 Å². The molecule has 0 aliphatic heterocycles. The van der Waals surface area contributed by atoms with Crippen molar-refractivity contribution in [3.8, 4) is 0 Å². The molecule has 0 aliphatic carbocycles. The number of hydrogen-bond acceptors (Lipinski definition) is 7. The van der Waals surface area contributed by atoms with Crippen LogP contribution in [0.5, 0.6) is 0 Å². The highest BCUT2D eigenvalue weighted by Gasteiger charge is 2.16. The second-order valence-corrected chi connectivity index (χ2v) is 4.12. The molecule has 0 saturated heterocycles. The topological polar surface area (TPSA) is 160 Å². The predicted molar refractivity (Wildman–Crippen MR) is 71.9 cm³/mol. The van der Waals surface area contributed by atoms with Crippen molar-refractivity contribution in [3.63, 3.8) is 0 Å².